The van der Waals surface area contributed by atoms with Crippen LogP contribution in [0.1, 0.15) is 18.1 Å². The second-order valence-corrected chi connectivity index (χ2v) is 7.98. The number of benzene rings is 2. The van der Waals surface area contributed by atoms with Gasteiger partial charge in [0.05, 0.1) is 0 Å². The van der Waals surface area contributed by atoms with Gasteiger partial charge in [-0.25, -0.2) is 0 Å². The molecule has 0 aromatic heterocycles. The molecule has 0 aliphatic heterocycles. The molecule has 0 radical (unpaired) electrons. The van der Waals surface area contributed by atoms with Gasteiger partial charge in [-0.05, 0) is 42.4 Å². The molecule has 106 valence electrons. The molecule has 2 heteroatoms. The minimum Gasteiger partial charge on any atom is -0.148 e. The van der Waals surface area contributed by atoms with Crippen LogP contribution >= 0.6 is 23.5 Å². The van der Waals surface area contributed by atoms with Gasteiger partial charge in [-0.2, -0.15) is 0 Å². The first-order valence-corrected chi connectivity index (χ1v) is 9.25. The number of hydrogen-bond acceptors (Lipinski definition) is 2. The average molecular weight is 303 g/mol. The Morgan fingerprint density at radius 3 is 1.50 bits per heavy atom. The minimum atomic E-state index is 0.683. The fraction of sp³-hybridized carbons (Fsp3) is 0.333. The SMILES string of the molecule is CC(SCCc1ccccc1)SCCc1ccccc1. The van der Waals surface area contributed by atoms with E-state index < -0.39 is 0 Å². The molecule has 0 nitrogen and oxygen atoms in total. The fourth-order valence-electron chi connectivity index (χ4n) is 2.02. The van der Waals surface area contributed by atoms with Gasteiger partial charge in [0.1, 0.15) is 0 Å². The zero-order valence-electron chi connectivity index (χ0n) is 12.0. The number of rotatable bonds is 8. The molecule has 2 aromatic rings. The van der Waals surface area contributed by atoms with Crippen LogP contribution in [0.25, 0.3) is 0 Å². The summed E-state index contributed by atoms with van der Waals surface area (Å²) in [5, 5.41) is 0. The van der Waals surface area contributed by atoms with E-state index in [9.17, 15) is 0 Å². The van der Waals surface area contributed by atoms with Gasteiger partial charge in [0.2, 0.25) is 0 Å². The summed E-state index contributed by atoms with van der Waals surface area (Å²) < 4.78 is 0.683. The molecule has 0 spiro atoms. The van der Waals surface area contributed by atoms with E-state index in [0.717, 1.165) is 0 Å². The van der Waals surface area contributed by atoms with Gasteiger partial charge in [-0.3, -0.25) is 0 Å². The van der Waals surface area contributed by atoms with Gasteiger partial charge in [0.25, 0.3) is 0 Å². The van der Waals surface area contributed by atoms with Gasteiger partial charge in [0, 0.05) is 4.58 Å². The molecule has 20 heavy (non-hydrogen) atoms. The molecule has 0 atom stereocenters. The van der Waals surface area contributed by atoms with E-state index in [1.165, 1.54) is 35.5 Å². The second kappa shape index (κ2) is 9.15. The molecule has 0 saturated carbocycles. The summed E-state index contributed by atoms with van der Waals surface area (Å²) in [6.07, 6.45) is 2.35. The van der Waals surface area contributed by atoms with Crippen LogP contribution in [-0.4, -0.2) is 16.1 Å². The normalized spacial score (nSPS) is 10.9. The van der Waals surface area contributed by atoms with Crippen LogP contribution < -0.4 is 0 Å². The Bertz CT molecular complexity index is 422. The van der Waals surface area contributed by atoms with Crippen LogP contribution in [0.4, 0.5) is 0 Å². The highest BCUT2D eigenvalue weighted by Crippen LogP contribution is 2.24. The zero-order valence-corrected chi connectivity index (χ0v) is 13.6. The van der Waals surface area contributed by atoms with E-state index in [0.29, 0.717) is 4.58 Å². The maximum atomic E-state index is 2.32. The summed E-state index contributed by atoms with van der Waals surface area (Å²) in [4.78, 5) is 0. The zero-order chi connectivity index (χ0) is 14.0. The van der Waals surface area contributed by atoms with E-state index in [1.54, 1.807) is 0 Å². The molecule has 0 heterocycles. The lowest BCUT2D eigenvalue weighted by atomic mass is 10.2. The van der Waals surface area contributed by atoms with Crippen molar-refractivity contribution in [3.8, 4) is 0 Å². The van der Waals surface area contributed by atoms with Crippen molar-refractivity contribution in [2.75, 3.05) is 11.5 Å². The van der Waals surface area contributed by atoms with Crippen LogP contribution in [0.2, 0.25) is 0 Å². The first-order chi connectivity index (χ1) is 9.84. The Labute approximate surface area is 131 Å². The van der Waals surface area contributed by atoms with E-state index >= 15 is 0 Å². The summed E-state index contributed by atoms with van der Waals surface area (Å²) in [5.41, 5.74) is 2.89. The summed E-state index contributed by atoms with van der Waals surface area (Å²) in [6.45, 7) is 2.32. The van der Waals surface area contributed by atoms with Crippen LogP contribution in [0, 0.1) is 0 Å². The second-order valence-electron chi connectivity index (χ2n) is 4.78. The molecule has 0 unspecified atom stereocenters. The van der Waals surface area contributed by atoms with Gasteiger partial charge in [0.15, 0.2) is 0 Å². The van der Waals surface area contributed by atoms with Crippen LogP contribution in [0.5, 0.6) is 0 Å². The standard InChI is InChI=1S/C18H22S2/c1-16(19-14-12-17-8-4-2-5-9-17)20-15-13-18-10-6-3-7-11-18/h2-11,16H,12-15H2,1H3. The Hall–Kier alpha value is -0.860. The maximum absolute atomic E-state index is 2.32. The van der Waals surface area contributed by atoms with Gasteiger partial charge in [-0.15, -0.1) is 23.5 Å². The molecule has 0 aliphatic carbocycles. The van der Waals surface area contributed by atoms with Crippen molar-refractivity contribution in [2.45, 2.75) is 24.3 Å². The van der Waals surface area contributed by atoms with Crippen molar-refractivity contribution in [1.29, 1.82) is 0 Å². The molecule has 2 aromatic carbocycles. The van der Waals surface area contributed by atoms with Crippen LogP contribution in [-0.2, 0) is 12.8 Å². The van der Waals surface area contributed by atoms with E-state index in [2.05, 4.69) is 91.1 Å². The van der Waals surface area contributed by atoms with E-state index in [4.69, 9.17) is 0 Å². The molecular weight excluding hydrogens is 280 g/mol. The molecule has 0 bridgehead atoms. The molecule has 0 amide bonds. The first kappa shape index (κ1) is 15.5. The fourth-order valence-corrected chi connectivity index (χ4v) is 4.36. The molecule has 0 saturated heterocycles. The molecule has 0 fully saturated rings. The van der Waals surface area contributed by atoms with E-state index in [-0.39, 0.29) is 0 Å². The molecule has 0 aliphatic rings. The highest BCUT2D eigenvalue weighted by Gasteiger charge is 2.03. The van der Waals surface area contributed by atoms with Crippen molar-refractivity contribution in [1.82, 2.24) is 0 Å². The molecule has 2 rings (SSSR count). The Morgan fingerprint density at radius 2 is 1.10 bits per heavy atom. The predicted molar refractivity (Wildman–Crippen MR) is 94.7 cm³/mol. The Kier molecular flexibility index (Phi) is 7.10. The van der Waals surface area contributed by atoms with Crippen LogP contribution in [0.3, 0.4) is 0 Å². The third-order valence-corrected chi connectivity index (χ3v) is 5.81. The Morgan fingerprint density at radius 1 is 0.700 bits per heavy atom. The van der Waals surface area contributed by atoms with Crippen molar-refractivity contribution >= 4 is 23.5 Å². The summed E-state index contributed by atoms with van der Waals surface area (Å²) >= 11 is 4.14. The highest BCUT2D eigenvalue weighted by molar-refractivity contribution is 8.16. The third-order valence-electron chi connectivity index (χ3n) is 3.17. The topological polar surface area (TPSA) is 0 Å². The number of thioether (sulfide) groups is 2. The van der Waals surface area contributed by atoms with Gasteiger partial charge >= 0.3 is 0 Å². The summed E-state index contributed by atoms with van der Waals surface area (Å²) in [7, 11) is 0. The van der Waals surface area contributed by atoms with E-state index in [1.807, 2.05) is 0 Å². The van der Waals surface area contributed by atoms with Crippen LogP contribution in [0.15, 0.2) is 60.7 Å². The van der Waals surface area contributed by atoms with Crippen molar-refractivity contribution in [3.63, 3.8) is 0 Å². The molecular formula is C18H22S2. The lowest BCUT2D eigenvalue weighted by Gasteiger charge is -2.11. The lowest BCUT2D eigenvalue weighted by molar-refractivity contribution is 1.14. The van der Waals surface area contributed by atoms with Gasteiger partial charge < -0.3 is 0 Å². The smallest absolute Gasteiger partial charge is 0.0474 e. The minimum absolute atomic E-state index is 0.683. The highest BCUT2D eigenvalue weighted by atomic mass is 32.2. The summed E-state index contributed by atoms with van der Waals surface area (Å²) in [6, 6.07) is 21.5. The lowest BCUT2D eigenvalue weighted by Crippen LogP contribution is -1.98. The third kappa shape index (κ3) is 6.06. The largest absolute Gasteiger partial charge is 0.148 e. The van der Waals surface area contributed by atoms with Crippen molar-refractivity contribution < 1.29 is 0 Å². The average Bonchev–Trinajstić information content (AvgIpc) is 2.49. The maximum Gasteiger partial charge on any atom is 0.0474 e. The quantitative estimate of drug-likeness (QED) is 0.608. The molecule has 0 N–H and O–H groups in total. The number of aryl methyl sites for hydroxylation is 2. The first-order valence-electron chi connectivity index (χ1n) is 7.15. The van der Waals surface area contributed by atoms with Crippen molar-refractivity contribution in [3.05, 3.63) is 71.8 Å². The predicted octanol–water partition coefficient (Wildman–Crippen LogP) is 5.28. The van der Waals surface area contributed by atoms with Crippen molar-refractivity contribution in [2.24, 2.45) is 0 Å². The summed E-state index contributed by atoms with van der Waals surface area (Å²) in [5.74, 6) is 2.42. The monoisotopic (exact) mass is 302 g/mol. The van der Waals surface area contributed by atoms with Gasteiger partial charge in [-0.1, -0.05) is 60.7 Å². The number of hydrogen-bond donors (Lipinski definition) is 0. The Balaban J connectivity index is 1.58.